The smallest absolute Gasteiger partial charge is 0.317 e. The molecular weight excluding hydrogens is 192 g/mol. The summed E-state index contributed by atoms with van der Waals surface area (Å²) in [4.78, 5) is 24.8. The first-order valence-electron chi connectivity index (χ1n) is 5.78. The van der Waals surface area contributed by atoms with Gasteiger partial charge < -0.3 is 10.2 Å². The van der Waals surface area contributed by atoms with Crippen molar-refractivity contribution in [1.29, 1.82) is 0 Å². The van der Waals surface area contributed by atoms with Gasteiger partial charge in [0.15, 0.2) is 0 Å². The van der Waals surface area contributed by atoms with E-state index in [1.807, 2.05) is 4.90 Å². The molecule has 2 rings (SSSR count). The first-order valence-corrected chi connectivity index (χ1v) is 5.78. The molecule has 0 aromatic rings. The van der Waals surface area contributed by atoms with Gasteiger partial charge in [-0.05, 0) is 12.3 Å². The number of rotatable bonds is 2. The average Bonchev–Trinajstić information content (AvgIpc) is 2.64. The summed E-state index contributed by atoms with van der Waals surface area (Å²) in [5.41, 5.74) is 0. The van der Waals surface area contributed by atoms with Crippen molar-refractivity contribution in [1.82, 2.24) is 10.2 Å². The molecule has 2 amide bonds. The van der Waals surface area contributed by atoms with E-state index in [4.69, 9.17) is 0 Å². The maximum atomic E-state index is 11.5. The molecule has 4 nitrogen and oxygen atoms in total. The van der Waals surface area contributed by atoms with Crippen LogP contribution in [0.2, 0.25) is 0 Å². The van der Waals surface area contributed by atoms with Gasteiger partial charge in [0, 0.05) is 32.0 Å². The van der Waals surface area contributed by atoms with Gasteiger partial charge in [-0.15, -0.1) is 0 Å². The number of amides is 2. The lowest BCUT2D eigenvalue weighted by Crippen LogP contribution is -2.46. The van der Waals surface area contributed by atoms with Crippen molar-refractivity contribution < 1.29 is 9.59 Å². The lowest BCUT2D eigenvalue weighted by atomic mass is 9.81. The predicted molar refractivity (Wildman–Crippen MR) is 56.5 cm³/mol. The van der Waals surface area contributed by atoms with Gasteiger partial charge in [-0.25, -0.2) is 4.79 Å². The summed E-state index contributed by atoms with van der Waals surface area (Å²) in [5, 5.41) is 2.80. The van der Waals surface area contributed by atoms with Crippen LogP contribution in [0.4, 0.5) is 4.79 Å². The zero-order chi connectivity index (χ0) is 10.8. The van der Waals surface area contributed by atoms with Crippen LogP contribution >= 0.6 is 0 Å². The highest BCUT2D eigenvalue weighted by Gasteiger charge is 2.36. The van der Waals surface area contributed by atoms with Crippen molar-refractivity contribution in [3.63, 3.8) is 0 Å². The van der Waals surface area contributed by atoms with E-state index in [9.17, 15) is 9.59 Å². The van der Waals surface area contributed by atoms with Crippen LogP contribution in [0.3, 0.4) is 0 Å². The molecule has 0 bridgehead atoms. The fourth-order valence-corrected chi connectivity index (χ4v) is 2.68. The number of nitrogens with one attached hydrogen (secondary N) is 1. The fraction of sp³-hybridized carbons (Fsp3) is 0.818. The van der Waals surface area contributed by atoms with Crippen LogP contribution in [0.1, 0.15) is 32.6 Å². The number of ketones is 1. The molecule has 2 fully saturated rings. The van der Waals surface area contributed by atoms with E-state index in [2.05, 4.69) is 12.2 Å². The second kappa shape index (κ2) is 4.21. The van der Waals surface area contributed by atoms with Crippen LogP contribution in [-0.4, -0.2) is 35.8 Å². The van der Waals surface area contributed by atoms with Crippen molar-refractivity contribution >= 4 is 11.8 Å². The second-order valence-electron chi connectivity index (χ2n) is 4.44. The van der Waals surface area contributed by atoms with E-state index < -0.39 is 0 Å². The zero-order valence-electron chi connectivity index (χ0n) is 9.16. The summed E-state index contributed by atoms with van der Waals surface area (Å²) < 4.78 is 0. The van der Waals surface area contributed by atoms with Gasteiger partial charge in [0.2, 0.25) is 0 Å². The molecule has 1 heterocycles. The van der Waals surface area contributed by atoms with E-state index >= 15 is 0 Å². The Bertz CT molecular complexity index is 278. The molecule has 0 radical (unpaired) electrons. The van der Waals surface area contributed by atoms with Gasteiger partial charge in [0.1, 0.15) is 5.78 Å². The molecular formula is C11H18N2O2. The normalized spacial score (nSPS) is 31.9. The standard InChI is InChI=1S/C11H18N2O2/c1-2-8-3-4-9(14)7-10(8)13-6-5-12-11(13)15/h8,10H,2-7H2,1H3,(H,12,15). The third-order valence-electron chi connectivity index (χ3n) is 3.59. The maximum Gasteiger partial charge on any atom is 0.317 e. The van der Waals surface area contributed by atoms with Crippen LogP contribution in [0.25, 0.3) is 0 Å². The molecule has 15 heavy (non-hydrogen) atoms. The van der Waals surface area contributed by atoms with Gasteiger partial charge in [-0.2, -0.15) is 0 Å². The molecule has 2 unspecified atom stereocenters. The number of carbonyl (C=O) groups is 2. The predicted octanol–water partition coefficient (Wildman–Crippen LogP) is 1.16. The van der Waals surface area contributed by atoms with Gasteiger partial charge in [-0.3, -0.25) is 4.79 Å². The molecule has 1 saturated heterocycles. The fourth-order valence-electron chi connectivity index (χ4n) is 2.68. The second-order valence-corrected chi connectivity index (χ2v) is 4.44. The Labute approximate surface area is 90.0 Å². The van der Waals surface area contributed by atoms with Gasteiger partial charge >= 0.3 is 6.03 Å². The van der Waals surface area contributed by atoms with Crippen molar-refractivity contribution in [2.75, 3.05) is 13.1 Å². The van der Waals surface area contributed by atoms with Crippen LogP contribution in [0, 0.1) is 5.92 Å². The highest BCUT2D eigenvalue weighted by atomic mass is 16.2. The summed E-state index contributed by atoms with van der Waals surface area (Å²) in [6.07, 6.45) is 3.27. The molecule has 2 atom stereocenters. The van der Waals surface area contributed by atoms with E-state index in [1.165, 1.54) is 0 Å². The number of hydrogen-bond donors (Lipinski definition) is 1. The molecule has 0 aromatic heterocycles. The quantitative estimate of drug-likeness (QED) is 0.743. The van der Waals surface area contributed by atoms with E-state index in [-0.39, 0.29) is 12.1 Å². The largest absolute Gasteiger partial charge is 0.336 e. The van der Waals surface area contributed by atoms with E-state index in [0.29, 0.717) is 24.5 Å². The minimum absolute atomic E-state index is 0.00755. The third kappa shape index (κ3) is 1.98. The minimum Gasteiger partial charge on any atom is -0.336 e. The third-order valence-corrected chi connectivity index (χ3v) is 3.59. The minimum atomic E-state index is 0.00755. The van der Waals surface area contributed by atoms with Crippen molar-refractivity contribution in [2.24, 2.45) is 5.92 Å². The Balaban J connectivity index is 2.09. The van der Waals surface area contributed by atoms with Crippen molar-refractivity contribution in [3.05, 3.63) is 0 Å². The lowest BCUT2D eigenvalue weighted by molar-refractivity contribution is -0.122. The van der Waals surface area contributed by atoms with Crippen molar-refractivity contribution in [2.45, 2.75) is 38.6 Å². The molecule has 84 valence electrons. The molecule has 0 aromatic carbocycles. The molecule has 1 aliphatic heterocycles. The van der Waals surface area contributed by atoms with Gasteiger partial charge in [-0.1, -0.05) is 13.3 Å². The molecule has 2 aliphatic rings. The van der Waals surface area contributed by atoms with E-state index in [0.717, 1.165) is 25.9 Å². The average molecular weight is 210 g/mol. The van der Waals surface area contributed by atoms with Crippen LogP contribution in [0.15, 0.2) is 0 Å². The molecule has 4 heteroatoms. The topological polar surface area (TPSA) is 49.4 Å². The molecule has 1 N–H and O–H groups in total. The summed E-state index contributed by atoms with van der Waals surface area (Å²) >= 11 is 0. The monoisotopic (exact) mass is 210 g/mol. The van der Waals surface area contributed by atoms with Crippen LogP contribution < -0.4 is 5.32 Å². The summed E-state index contributed by atoms with van der Waals surface area (Å²) in [6.45, 7) is 3.62. The molecule has 0 spiro atoms. The Morgan fingerprint density at radius 1 is 1.47 bits per heavy atom. The first kappa shape index (κ1) is 10.5. The SMILES string of the molecule is CCC1CCC(=O)CC1N1CCNC1=O. The van der Waals surface area contributed by atoms with E-state index in [1.54, 1.807) is 0 Å². The zero-order valence-corrected chi connectivity index (χ0v) is 9.16. The number of urea groups is 1. The molecule has 1 aliphatic carbocycles. The summed E-state index contributed by atoms with van der Waals surface area (Å²) in [6, 6.07) is 0.159. The molecule has 1 saturated carbocycles. The Kier molecular flexibility index (Phi) is 2.93. The van der Waals surface area contributed by atoms with Crippen molar-refractivity contribution in [3.8, 4) is 0 Å². The summed E-state index contributed by atoms with van der Waals surface area (Å²) in [7, 11) is 0. The van der Waals surface area contributed by atoms with Crippen LogP contribution in [-0.2, 0) is 4.79 Å². The van der Waals surface area contributed by atoms with Gasteiger partial charge in [0.05, 0.1) is 0 Å². The number of carbonyl (C=O) groups excluding carboxylic acids is 2. The Morgan fingerprint density at radius 3 is 2.87 bits per heavy atom. The lowest BCUT2D eigenvalue weighted by Gasteiger charge is -2.36. The highest BCUT2D eigenvalue weighted by Crippen LogP contribution is 2.29. The maximum absolute atomic E-state index is 11.5. The summed E-state index contributed by atoms with van der Waals surface area (Å²) in [5.74, 6) is 0.816. The Hall–Kier alpha value is -1.06. The first-order chi connectivity index (χ1) is 7.22. The number of nitrogens with zero attached hydrogens (tertiary/aromatic N) is 1. The van der Waals surface area contributed by atoms with Gasteiger partial charge in [0.25, 0.3) is 0 Å². The highest BCUT2D eigenvalue weighted by molar-refractivity contribution is 5.82. The number of hydrogen-bond acceptors (Lipinski definition) is 2. The van der Waals surface area contributed by atoms with Crippen LogP contribution in [0.5, 0.6) is 0 Å². The number of Topliss-reactive ketones (excluding diaryl/α,β-unsaturated/α-hetero) is 1. The Morgan fingerprint density at radius 2 is 2.27 bits per heavy atom.